The van der Waals surface area contributed by atoms with Crippen LogP contribution in [0.25, 0.3) is 0 Å². The molecule has 1 aromatic carbocycles. The van der Waals surface area contributed by atoms with Crippen molar-refractivity contribution < 1.29 is 14.3 Å². The first-order valence-corrected chi connectivity index (χ1v) is 6.81. The summed E-state index contributed by atoms with van der Waals surface area (Å²) in [7, 11) is 3.27. The third kappa shape index (κ3) is 2.02. The van der Waals surface area contributed by atoms with Gasteiger partial charge in [0.2, 0.25) is 0 Å². The maximum absolute atomic E-state index is 11.8. The van der Waals surface area contributed by atoms with E-state index in [0.29, 0.717) is 12.2 Å². The largest absolute Gasteiger partial charge is 0.493 e. The van der Waals surface area contributed by atoms with Crippen LogP contribution in [-0.4, -0.2) is 26.3 Å². The summed E-state index contributed by atoms with van der Waals surface area (Å²) in [6, 6.07) is 3.86. The van der Waals surface area contributed by atoms with Crippen molar-refractivity contribution in [1.29, 1.82) is 0 Å². The van der Waals surface area contributed by atoms with Gasteiger partial charge in [-0.2, -0.15) is 0 Å². The van der Waals surface area contributed by atoms with E-state index in [0.717, 1.165) is 29.0 Å². The molecule has 1 aromatic rings. The van der Waals surface area contributed by atoms with Crippen molar-refractivity contribution in [2.45, 2.75) is 18.1 Å². The number of Topliss-reactive ketones (excluding diaryl/α,β-unsaturated/α-hetero) is 1. The average molecular weight is 252 g/mol. The molecule has 0 bridgehead atoms. The first-order valence-electron chi connectivity index (χ1n) is 5.52. The molecule has 0 aromatic heterocycles. The van der Waals surface area contributed by atoms with Gasteiger partial charge in [-0.05, 0) is 24.3 Å². The molecule has 1 aliphatic carbocycles. The van der Waals surface area contributed by atoms with Crippen molar-refractivity contribution >= 4 is 17.5 Å². The van der Waals surface area contributed by atoms with Gasteiger partial charge >= 0.3 is 0 Å². The monoisotopic (exact) mass is 252 g/mol. The molecule has 92 valence electrons. The van der Waals surface area contributed by atoms with Gasteiger partial charge in [-0.1, -0.05) is 6.07 Å². The zero-order chi connectivity index (χ0) is 12.4. The summed E-state index contributed by atoms with van der Waals surface area (Å²) < 4.78 is 10.7. The molecule has 4 heteroatoms. The van der Waals surface area contributed by atoms with Crippen LogP contribution in [0.2, 0.25) is 0 Å². The van der Waals surface area contributed by atoms with E-state index in [-0.39, 0.29) is 5.25 Å². The molecule has 0 aliphatic heterocycles. The molecule has 1 aliphatic rings. The zero-order valence-electron chi connectivity index (χ0n) is 10.3. The van der Waals surface area contributed by atoms with Gasteiger partial charge in [-0.25, -0.2) is 0 Å². The second-order valence-corrected chi connectivity index (χ2v) is 4.89. The van der Waals surface area contributed by atoms with E-state index >= 15 is 0 Å². The van der Waals surface area contributed by atoms with Crippen LogP contribution >= 0.6 is 11.8 Å². The molecule has 0 spiro atoms. The Balaban J connectivity index is 2.55. The molecule has 2 rings (SSSR count). The van der Waals surface area contributed by atoms with E-state index in [1.165, 1.54) is 0 Å². The van der Waals surface area contributed by atoms with Crippen LogP contribution in [0.1, 0.15) is 22.8 Å². The molecule has 0 amide bonds. The van der Waals surface area contributed by atoms with E-state index in [9.17, 15) is 4.79 Å². The molecule has 0 saturated heterocycles. The topological polar surface area (TPSA) is 35.5 Å². The van der Waals surface area contributed by atoms with Gasteiger partial charge in [0.05, 0.1) is 19.5 Å². The van der Waals surface area contributed by atoms with Gasteiger partial charge < -0.3 is 9.47 Å². The number of fused-ring (bicyclic) bond motifs is 1. The first-order chi connectivity index (χ1) is 8.22. The van der Waals surface area contributed by atoms with Gasteiger partial charge in [0.25, 0.3) is 0 Å². The van der Waals surface area contributed by atoms with Crippen LogP contribution in [-0.2, 0) is 11.2 Å². The number of ether oxygens (including phenoxy) is 2. The second kappa shape index (κ2) is 5.00. The lowest BCUT2D eigenvalue weighted by atomic mass is 9.89. The lowest BCUT2D eigenvalue weighted by Crippen LogP contribution is -2.18. The molecule has 0 saturated carbocycles. The normalized spacial score (nSPS) is 18.8. The summed E-state index contributed by atoms with van der Waals surface area (Å²) in [4.78, 5) is 11.8. The fourth-order valence-corrected chi connectivity index (χ4v) is 3.18. The minimum Gasteiger partial charge on any atom is -0.493 e. The third-order valence-electron chi connectivity index (χ3n) is 3.12. The Labute approximate surface area is 105 Å². The number of methoxy groups -OCH3 is 2. The smallest absolute Gasteiger partial charge is 0.164 e. The first kappa shape index (κ1) is 12.3. The maximum Gasteiger partial charge on any atom is 0.164 e. The maximum atomic E-state index is 11.8. The van der Waals surface area contributed by atoms with E-state index in [1.807, 2.05) is 18.4 Å². The van der Waals surface area contributed by atoms with E-state index in [4.69, 9.17) is 9.47 Å². The van der Waals surface area contributed by atoms with Gasteiger partial charge in [0.1, 0.15) is 0 Å². The molecular weight excluding hydrogens is 236 g/mol. The van der Waals surface area contributed by atoms with Crippen LogP contribution in [0.5, 0.6) is 11.5 Å². The second-order valence-electron chi connectivity index (χ2n) is 3.95. The van der Waals surface area contributed by atoms with Crippen molar-refractivity contribution in [3.8, 4) is 11.5 Å². The SMILES string of the molecule is COc1ccc2c(c1OC)CCC(=O)C2SC. The van der Waals surface area contributed by atoms with Crippen LogP contribution in [0.4, 0.5) is 0 Å². The number of carbonyl (C=O) groups is 1. The summed E-state index contributed by atoms with van der Waals surface area (Å²) in [6.45, 7) is 0. The number of carbonyl (C=O) groups excluding carboxylic acids is 1. The van der Waals surface area contributed by atoms with Crippen molar-refractivity contribution in [1.82, 2.24) is 0 Å². The molecule has 3 nitrogen and oxygen atoms in total. The van der Waals surface area contributed by atoms with Crippen molar-refractivity contribution in [3.05, 3.63) is 23.3 Å². The Morgan fingerprint density at radius 3 is 2.59 bits per heavy atom. The zero-order valence-corrected chi connectivity index (χ0v) is 11.1. The quantitative estimate of drug-likeness (QED) is 0.828. The summed E-state index contributed by atoms with van der Waals surface area (Å²) in [5.74, 6) is 1.81. The van der Waals surface area contributed by atoms with Crippen molar-refractivity contribution in [2.75, 3.05) is 20.5 Å². The lowest BCUT2D eigenvalue weighted by Gasteiger charge is -2.25. The highest BCUT2D eigenvalue weighted by Crippen LogP contribution is 2.43. The Kier molecular flexibility index (Phi) is 3.62. The Morgan fingerprint density at radius 2 is 2.00 bits per heavy atom. The van der Waals surface area contributed by atoms with Crippen molar-refractivity contribution in [3.63, 3.8) is 0 Å². The molecule has 0 fully saturated rings. The highest BCUT2D eigenvalue weighted by molar-refractivity contribution is 7.99. The summed E-state index contributed by atoms with van der Waals surface area (Å²) in [5, 5.41) is -0.0569. The van der Waals surface area contributed by atoms with Crippen LogP contribution in [0, 0.1) is 0 Å². The molecule has 0 radical (unpaired) electrons. The molecule has 1 atom stereocenters. The Hall–Kier alpha value is -1.16. The lowest BCUT2D eigenvalue weighted by molar-refractivity contribution is -0.119. The number of hydrogen-bond donors (Lipinski definition) is 0. The van der Waals surface area contributed by atoms with Gasteiger partial charge in [-0.3, -0.25) is 4.79 Å². The minimum absolute atomic E-state index is 0.0569. The van der Waals surface area contributed by atoms with Crippen molar-refractivity contribution in [2.24, 2.45) is 0 Å². The average Bonchev–Trinajstić information content (AvgIpc) is 2.37. The van der Waals surface area contributed by atoms with Gasteiger partial charge in [-0.15, -0.1) is 11.8 Å². The Morgan fingerprint density at radius 1 is 1.24 bits per heavy atom. The fraction of sp³-hybridized carbons (Fsp3) is 0.462. The third-order valence-corrected chi connectivity index (χ3v) is 4.10. The fourth-order valence-electron chi connectivity index (χ4n) is 2.32. The summed E-state index contributed by atoms with van der Waals surface area (Å²) >= 11 is 1.58. The molecular formula is C13H16O3S. The molecule has 0 heterocycles. The van der Waals surface area contributed by atoms with E-state index in [2.05, 4.69) is 0 Å². The van der Waals surface area contributed by atoms with E-state index < -0.39 is 0 Å². The number of ketones is 1. The number of hydrogen-bond acceptors (Lipinski definition) is 4. The van der Waals surface area contributed by atoms with E-state index in [1.54, 1.807) is 26.0 Å². The molecule has 17 heavy (non-hydrogen) atoms. The summed E-state index contributed by atoms with van der Waals surface area (Å²) in [6.07, 6.45) is 3.29. The standard InChI is InChI=1S/C13H16O3S/c1-15-11-7-5-9-8(12(11)16-2)4-6-10(14)13(9)17-3/h5,7,13H,4,6H2,1-3H3. The number of benzene rings is 1. The highest BCUT2D eigenvalue weighted by Gasteiger charge is 2.30. The molecule has 0 N–H and O–H groups in total. The number of thioether (sulfide) groups is 1. The number of rotatable bonds is 3. The predicted molar refractivity (Wildman–Crippen MR) is 69.1 cm³/mol. The molecule has 1 unspecified atom stereocenters. The van der Waals surface area contributed by atoms with Gasteiger partial charge in [0.15, 0.2) is 17.3 Å². The van der Waals surface area contributed by atoms with Crippen LogP contribution in [0.15, 0.2) is 12.1 Å². The predicted octanol–water partition coefficient (Wildman–Crippen LogP) is 2.62. The minimum atomic E-state index is -0.0569. The van der Waals surface area contributed by atoms with Gasteiger partial charge in [0, 0.05) is 12.0 Å². The highest BCUT2D eigenvalue weighted by atomic mass is 32.2. The summed E-state index contributed by atoms with van der Waals surface area (Å²) in [5.41, 5.74) is 2.19. The van der Waals surface area contributed by atoms with Crippen LogP contribution < -0.4 is 9.47 Å². The Bertz CT molecular complexity index is 443. The van der Waals surface area contributed by atoms with Crippen LogP contribution in [0.3, 0.4) is 0 Å².